The van der Waals surface area contributed by atoms with Crippen LogP contribution in [-0.4, -0.2) is 23.2 Å². The average molecular weight is 373 g/mol. The van der Waals surface area contributed by atoms with E-state index < -0.39 is 0 Å². The highest BCUT2D eigenvalue weighted by Crippen LogP contribution is 2.29. The molecule has 24 heavy (non-hydrogen) atoms. The van der Waals surface area contributed by atoms with Crippen molar-refractivity contribution in [2.24, 2.45) is 5.41 Å². The van der Waals surface area contributed by atoms with Crippen LogP contribution in [0.2, 0.25) is 5.02 Å². The standard InChI is InChI=1S/C16H21ClN4O2.ClH/c1-16(2,3)8-9-5-14(21-20-9)19-15(22)10-6-11(17)12(18)7-13(10)23-4;/h5-7H,8,18H2,1-4H3,(H2,19,20,21,22);1H. The van der Waals surface area contributed by atoms with E-state index in [0.717, 1.165) is 12.1 Å². The number of hydrogen-bond donors (Lipinski definition) is 3. The van der Waals surface area contributed by atoms with Crippen molar-refractivity contribution in [1.29, 1.82) is 0 Å². The molecule has 132 valence electrons. The third-order valence-electron chi connectivity index (χ3n) is 3.16. The van der Waals surface area contributed by atoms with Gasteiger partial charge in [0.15, 0.2) is 5.82 Å². The zero-order valence-electron chi connectivity index (χ0n) is 14.1. The minimum absolute atomic E-state index is 0. The maximum atomic E-state index is 12.4. The molecule has 0 bridgehead atoms. The van der Waals surface area contributed by atoms with Crippen LogP contribution in [0.3, 0.4) is 0 Å². The molecule has 1 amide bonds. The van der Waals surface area contributed by atoms with Gasteiger partial charge >= 0.3 is 0 Å². The number of rotatable bonds is 4. The molecule has 1 heterocycles. The lowest BCUT2D eigenvalue weighted by Gasteiger charge is -2.15. The van der Waals surface area contributed by atoms with E-state index in [1.54, 1.807) is 0 Å². The Morgan fingerprint density at radius 3 is 2.62 bits per heavy atom. The SMILES string of the molecule is COc1cc(N)c(Cl)cc1C(=O)Nc1cc(CC(C)(C)C)[nH]n1.Cl. The number of aromatic amines is 1. The van der Waals surface area contributed by atoms with Crippen molar-refractivity contribution in [3.8, 4) is 5.75 Å². The van der Waals surface area contributed by atoms with Gasteiger partial charge in [0.2, 0.25) is 0 Å². The van der Waals surface area contributed by atoms with Gasteiger partial charge in [0, 0.05) is 17.8 Å². The van der Waals surface area contributed by atoms with E-state index in [0.29, 0.717) is 27.8 Å². The molecule has 0 fully saturated rings. The summed E-state index contributed by atoms with van der Waals surface area (Å²) in [5, 5.41) is 10.1. The van der Waals surface area contributed by atoms with Crippen molar-refractivity contribution in [2.45, 2.75) is 27.2 Å². The molecule has 1 aromatic carbocycles. The summed E-state index contributed by atoms with van der Waals surface area (Å²) in [5.41, 5.74) is 7.45. The van der Waals surface area contributed by atoms with Gasteiger partial charge in [-0.1, -0.05) is 32.4 Å². The van der Waals surface area contributed by atoms with Gasteiger partial charge in [-0.05, 0) is 17.9 Å². The fourth-order valence-electron chi connectivity index (χ4n) is 2.19. The van der Waals surface area contributed by atoms with Gasteiger partial charge in [0.1, 0.15) is 5.75 Å². The summed E-state index contributed by atoms with van der Waals surface area (Å²) in [7, 11) is 1.47. The molecule has 2 rings (SSSR count). The quantitative estimate of drug-likeness (QED) is 0.709. The largest absolute Gasteiger partial charge is 0.496 e. The van der Waals surface area contributed by atoms with Crippen LogP contribution >= 0.6 is 24.0 Å². The van der Waals surface area contributed by atoms with Gasteiger partial charge < -0.3 is 15.8 Å². The van der Waals surface area contributed by atoms with Gasteiger partial charge in [0.05, 0.1) is 23.4 Å². The molecule has 0 saturated carbocycles. The summed E-state index contributed by atoms with van der Waals surface area (Å²) in [5.74, 6) is 0.441. The second-order valence-electron chi connectivity index (χ2n) is 6.54. The highest BCUT2D eigenvalue weighted by Gasteiger charge is 2.17. The second kappa shape index (κ2) is 7.77. The highest BCUT2D eigenvalue weighted by molar-refractivity contribution is 6.33. The van der Waals surface area contributed by atoms with Crippen LogP contribution in [0, 0.1) is 5.41 Å². The molecular formula is C16H22Cl2N4O2. The Kier molecular flexibility index (Phi) is 6.51. The number of nitrogens with two attached hydrogens (primary N) is 1. The van der Waals surface area contributed by atoms with Crippen LogP contribution in [0.15, 0.2) is 18.2 Å². The molecule has 0 aliphatic heterocycles. The number of carbonyl (C=O) groups is 1. The minimum Gasteiger partial charge on any atom is -0.496 e. The van der Waals surface area contributed by atoms with E-state index in [1.165, 1.54) is 19.2 Å². The van der Waals surface area contributed by atoms with Crippen molar-refractivity contribution < 1.29 is 9.53 Å². The lowest BCUT2D eigenvalue weighted by molar-refractivity contribution is 0.102. The van der Waals surface area contributed by atoms with Crippen molar-refractivity contribution >= 4 is 41.4 Å². The number of methoxy groups -OCH3 is 1. The molecule has 8 heteroatoms. The normalized spacial score (nSPS) is 10.9. The van der Waals surface area contributed by atoms with Crippen LogP contribution in [0.25, 0.3) is 0 Å². The molecule has 0 saturated heterocycles. The van der Waals surface area contributed by atoms with Crippen LogP contribution in [-0.2, 0) is 6.42 Å². The summed E-state index contributed by atoms with van der Waals surface area (Å²) >= 11 is 5.98. The Balaban J connectivity index is 0.00000288. The lowest BCUT2D eigenvalue weighted by Crippen LogP contribution is -2.14. The number of carbonyl (C=O) groups excluding carboxylic acids is 1. The number of ether oxygens (including phenoxy) is 1. The predicted molar refractivity (Wildman–Crippen MR) is 99.4 cm³/mol. The number of nitrogens with one attached hydrogen (secondary N) is 2. The van der Waals surface area contributed by atoms with Gasteiger partial charge in [-0.2, -0.15) is 5.10 Å². The van der Waals surface area contributed by atoms with E-state index in [2.05, 4.69) is 36.3 Å². The average Bonchev–Trinajstić information content (AvgIpc) is 2.86. The summed E-state index contributed by atoms with van der Waals surface area (Å²) in [6, 6.07) is 4.81. The predicted octanol–water partition coefficient (Wildman–Crippen LogP) is 3.92. The maximum Gasteiger partial charge on any atom is 0.260 e. The Morgan fingerprint density at radius 1 is 1.38 bits per heavy atom. The Hall–Kier alpha value is -1.92. The molecule has 0 radical (unpaired) electrons. The highest BCUT2D eigenvalue weighted by atomic mass is 35.5. The summed E-state index contributed by atoms with van der Waals surface area (Å²) in [4.78, 5) is 12.4. The zero-order valence-corrected chi connectivity index (χ0v) is 15.6. The van der Waals surface area contributed by atoms with Crippen molar-refractivity contribution in [3.05, 3.63) is 34.5 Å². The molecular weight excluding hydrogens is 351 g/mol. The molecule has 2 aromatic rings. The van der Waals surface area contributed by atoms with E-state index in [-0.39, 0.29) is 23.7 Å². The van der Waals surface area contributed by atoms with Crippen LogP contribution in [0.1, 0.15) is 36.8 Å². The summed E-state index contributed by atoms with van der Waals surface area (Å²) < 4.78 is 5.18. The fraction of sp³-hybridized carbons (Fsp3) is 0.375. The van der Waals surface area contributed by atoms with Crippen LogP contribution in [0.4, 0.5) is 11.5 Å². The van der Waals surface area contributed by atoms with Crippen LogP contribution < -0.4 is 15.8 Å². The maximum absolute atomic E-state index is 12.4. The number of aromatic nitrogens is 2. The summed E-state index contributed by atoms with van der Waals surface area (Å²) in [6.45, 7) is 6.40. The number of H-pyrrole nitrogens is 1. The van der Waals surface area contributed by atoms with E-state index in [1.807, 2.05) is 6.07 Å². The first-order chi connectivity index (χ1) is 10.7. The molecule has 0 aliphatic carbocycles. The Labute approximate surface area is 152 Å². The number of nitrogens with zero attached hydrogens (tertiary/aromatic N) is 1. The number of nitrogen functional groups attached to an aromatic ring is 1. The summed E-state index contributed by atoms with van der Waals surface area (Å²) in [6.07, 6.45) is 0.826. The number of benzene rings is 1. The Bertz CT molecular complexity index is 723. The monoisotopic (exact) mass is 372 g/mol. The zero-order chi connectivity index (χ0) is 17.2. The topological polar surface area (TPSA) is 93.0 Å². The molecule has 1 aromatic heterocycles. The second-order valence-corrected chi connectivity index (χ2v) is 6.95. The first kappa shape index (κ1) is 20.1. The molecule has 4 N–H and O–H groups in total. The third-order valence-corrected chi connectivity index (χ3v) is 3.48. The van der Waals surface area contributed by atoms with Crippen LogP contribution in [0.5, 0.6) is 5.75 Å². The smallest absolute Gasteiger partial charge is 0.260 e. The number of hydrogen-bond acceptors (Lipinski definition) is 4. The van der Waals surface area contributed by atoms with Gasteiger partial charge in [0.25, 0.3) is 5.91 Å². The third kappa shape index (κ3) is 5.04. The van der Waals surface area contributed by atoms with Gasteiger partial charge in [-0.25, -0.2) is 0 Å². The number of amides is 1. The first-order valence-electron chi connectivity index (χ1n) is 7.18. The molecule has 0 unspecified atom stereocenters. The fourth-order valence-corrected chi connectivity index (χ4v) is 2.35. The Morgan fingerprint density at radius 2 is 2.04 bits per heavy atom. The van der Waals surface area contributed by atoms with E-state index in [4.69, 9.17) is 22.1 Å². The van der Waals surface area contributed by atoms with Gasteiger partial charge in [-0.15, -0.1) is 12.4 Å². The number of halogens is 2. The molecule has 0 atom stereocenters. The lowest BCUT2D eigenvalue weighted by atomic mass is 9.91. The van der Waals surface area contributed by atoms with Crippen molar-refractivity contribution in [3.63, 3.8) is 0 Å². The molecule has 6 nitrogen and oxygen atoms in total. The first-order valence-corrected chi connectivity index (χ1v) is 7.56. The van der Waals surface area contributed by atoms with E-state index >= 15 is 0 Å². The molecule has 0 aliphatic rings. The number of anilines is 2. The van der Waals surface area contributed by atoms with Crippen molar-refractivity contribution in [1.82, 2.24) is 10.2 Å². The van der Waals surface area contributed by atoms with E-state index in [9.17, 15) is 4.79 Å². The van der Waals surface area contributed by atoms with Crippen molar-refractivity contribution in [2.75, 3.05) is 18.2 Å². The minimum atomic E-state index is -0.363. The van der Waals surface area contributed by atoms with Gasteiger partial charge in [-0.3, -0.25) is 9.89 Å². The molecule has 0 spiro atoms.